The van der Waals surface area contributed by atoms with Crippen molar-refractivity contribution in [2.24, 2.45) is 16.6 Å². The lowest BCUT2D eigenvalue weighted by Gasteiger charge is -2.28. The molecule has 7 heteroatoms. The SMILES string of the molecule is [2H]c1nc(NC(C([2H])([2H])[2H])(C([2H])([2H])[2H])C([2H])([2H])[2H])[nH]c(=NC2([2H])CCC([2H])(C([2H])([2H])[2H])C([2H])(O)C2)c1C(N)=O. The highest BCUT2D eigenvalue weighted by atomic mass is 16.3. The van der Waals surface area contributed by atoms with Crippen LogP contribution in [0.4, 0.5) is 5.95 Å². The molecule has 1 amide bonds. The predicted molar refractivity (Wildman–Crippen MR) is 88.9 cm³/mol. The minimum Gasteiger partial charge on any atom is -0.393 e. The number of primary amides is 1. The van der Waals surface area contributed by atoms with Gasteiger partial charge in [0.05, 0.1) is 21.8 Å². The Morgan fingerprint density at radius 2 is 2.43 bits per heavy atom. The van der Waals surface area contributed by atoms with E-state index in [1.54, 1.807) is 0 Å². The van der Waals surface area contributed by atoms with E-state index in [0.29, 0.717) is 0 Å². The van der Waals surface area contributed by atoms with Crippen LogP contribution in [0, 0.1) is 5.89 Å². The number of rotatable bonds is 3. The van der Waals surface area contributed by atoms with Crippen molar-refractivity contribution < 1.29 is 31.8 Å². The van der Waals surface area contributed by atoms with Crippen LogP contribution in [0.25, 0.3) is 0 Å². The number of nitrogens with one attached hydrogen (secondary N) is 2. The molecule has 0 spiro atoms. The van der Waals surface area contributed by atoms with Gasteiger partial charge in [0.25, 0.3) is 5.91 Å². The molecule has 0 aromatic carbocycles. The van der Waals surface area contributed by atoms with E-state index in [1.807, 2.05) is 5.32 Å². The molecule has 0 saturated heterocycles. The normalized spacial score (nSPS) is 48.1. The van der Waals surface area contributed by atoms with Crippen LogP contribution in [-0.4, -0.2) is 38.6 Å². The Balaban J connectivity index is 2.81. The van der Waals surface area contributed by atoms with Crippen LogP contribution in [0.15, 0.2) is 11.2 Å². The van der Waals surface area contributed by atoms with Crippen LogP contribution in [-0.2, 0) is 0 Å². The van der Waals surface area contributed by atoms with Crippen LogP contribution < -0.4 is 16.5 Å². The Bertz CT molecular complexity index is 1150. The fourth-order valence-electron chi connectivity index (χ4n) is 1.92. The summed E-state index contributed by atoms with van der Waals surface area (Å²) in [5, 5.41) is 12.4. The minimum absolute atomic E-state index is 0.551. The number of aliphatic hydroxyl groups is 1. The second-order valence-electron chi connectivity index (χ2n) is 4.94. The van der Waals surface area contributed by atoms with E-state index < -0.39 is 99.3 Å². The molecule has 1 fully saturated rings. The summed E-state index contributed by atoms with van der Waals surface area (Å²) < 4.78 is 125. The lowest BCUT2D eigenvalue weighted by Crippen LogP contribution is -2.34. The van der Waals surface area contributed by atoms with Gasteiger partial charge in [0.15, 0.2) is 0 Å². The molecule has 5 N–H and O–H groups in total. The van der Waals surface area contributed by atoms with Crippen molar-refractivity contribution in [3.63, 3.8) is 0 Å². The van der Waals surface area contributed by atoms with Crippen LogP contribution in [0.1, 0.15) is 79.0 Å². The number of nitrogens with two attached hydrogens (primary N) is 1. The zero-order valence-corrected chi connectivity index (χ0v) is 11.9. The summed E-state index contributed by atoms with van der Waals surface area (Å²) in [6.07, 6.45) is -6.44. The maximum Gasteiger partial charge on any atom is 0.254 e. The summed E-state index contributed by atoms with van der Waals surface area (Å²) in [4.78, 5) is 21.7. The highest BCUT2D eigenvalue weighted by Gasteiger charge is 2.26. The Morgan fingerprint density at radius 3 is 3.04 bits per heavy atom. The van der Waals surface area contributed by atoms with E-state index in [2.05, 4.69) is 15.0 Å². The van der Waals surface area contributed by atoms with Gasteiger partial charge in [-0.25, -0.2) is 4.98 Å². The van der Waals surface area contributed by atoms with Crippen molar-refractivity contribution in [1.29, 1.82) is 0 Å². The number of hydrogen-bond donors (Lipinski definition) is 4. The Hall–Kier alpha value is -1.89. The molecule has 1 aliphatic carbocycles. The van der Waals surface area contributed by atoms with E-state index in [1.165, 1.54) is 0 Å². The van der Waals surface area contributed by atoms with Crippen LogP contribution >= 0.6 is 0 Å². The molecule has 0 bridgehead atoms. The largest absolute Gasteiger partial charge is 0.393 e. The van der Waals surface area contributed by atoms with Crippen molar-refractivity contribution in [1.82, 2.24) is 9.97 Å². The number of hydrogen-bond acceptors (Lipinski definition) is 5. The lowest BCUT2D eigenvalue weighted by molar-refractivity contribution is 0.0704. The molecule has 3 unspecified atom stereocenters. The number of carbonyl (C=O) groups excluding carboxylic acids is 1. The number of amides is 1. The van der Waals surface area contributed by atoms with Gasteiger partial charge in [-0.1, -0.05) is 6.85 Å². The monoisotopic (exact) mass is 337 g/mol. The molecule has 7 nitrogen and oxygen atoms in total. The molecule has 1 aromatic rings. The standard InChI is InChI=1S/C16H27N5O2/c1-9-5-6-10(7-12(9)22)19-14-11(13(17)23)8-18-15(20-14)21-16(2,3)4/h8-10,12,22H,5-7H2,1-4H3,(H2,17,23)(H2,18,19,20,21)/i1D3,2D3,3D3,4D3,8D,9D,10D,12D. The van der Waals surface area contributed by atoms with Crippen LogP contribution in [0.5, 0.6) is 0 Å². The summed E-state index contributed by atoms with van der Waals surface area (Å²) in [5.41, 5.74) is 0.0339. The first-order valence-corrected chi connectivity index (χ1v) is 6.53. The quantitative estimate of drug-likeness (QED) is 0.662. The number of aromatic nitrogens is 2. The second kappa shape index (κ2) is 6.70. The Labute approximate surface area is 158 Å². The zero-order chi connectivity index (χ0) is 30.8. The number of H-pyrrole nitrogens is 1. The van der Waals surface area contributed by atoms with Gasteiger partial charge in [-0.2, -0.15) is 0 Å². The maximum atomic E-state index is 12.1. The van der Waals surface area contributed by atoms with Gasteiger partial charge in [-0.05, 0) is 45.7 Å². The molecule has 1 aromatic heterocycles. The maximum absolute atomic E-state index is 12.1. The average molecular weight is 338 g/mol. The first-order chi connectivity index (χ1) is 17.1. The van der Waals surface area contributed by atoms with Gasteiger partial charge >= 0.3 is 0 Å². The van der Waals surface area contributed by atoms with Gasteiger partial charge in [-0.3, -0.25) is 9.79 Å². The summed E-state index contributed by atoms with van der Waals surface area (Å²) >= 11 is 0. The molecule has 1 heterocycles. The smallest absolute Gasteiger partial charge is 0.254 e. The number of aromatic amines is 1. The van der Waals surface area contributed by atoms with Crippen LogP contribution in [0.2, 0.25) is 0 Å². The van der Waals surface area contributed by atoms with E-state index in [-0.39, 0.29) is 0 Å². The summed E-state index contributed by atoms with van der Waals surface area (Å²) in [6.45, 7) is -14.3. The van der Waals surface area contributed by atoms with Crippen LogP contribution in [0.3, 0.4) is 0 Å². The minimum atomic E-state index is -3.73. The lowest BCUT2D eigenvalue weighted by atomic mass is 9.85. The van der Waals surface area contributed by atoms with Crippen molar-refractivity contribution in [3.8, 4) is 0 Å². The highest BCUT2D eigenvalue weighted by Crippen LogP contribution is 2.25. The first-order valence-electron chi connectivity index (χ1n) is 14.5. The molecule has 0 aliphatic heterocycles. The molecule has 1 aliphatic rings. The summed E-state index contributed by atoms with van der Waals surface area (Å²) in [6, 6.07) is -2.31. The topological polar surface area (TPSA) is 116 Å². The van der Waals surface area contributed by atoms with E-state index in [4.69, 9.17) is 27.7 Å². The summed E-state index contributed by atoms with van der Waals surface area (Å²) in [7, 11) is 0. The van der Waals surface area contributed by atoms with E-state index >= 15 is 0 Å². The van der Waals surface area contributed by atoms with Gasteiger partial charge in [0.1, 0.15) is 5.49 Å². The van der Waals surface area contributed by atoms with Gasteiger partial charge in [0, 0.05) is 29.5 Å². The molecular formula is C16H27N5O2. The molecule has 3 atom stereocenters. The van der Waals surface area contributed by atoms with Gasteiger partial charge in [-0.15, -0.1) is 0 Å². The van der Waals surface area contributed by atoms with Gasteiger partial charge < -0.3 is 21.1 Å². The summed E-state index contributed by atoms with van der Waals surface area (Å²) in [5.74, 6) is -5.02. The molecular weight excluding hydrogens is 294 g/mol. The third-order valence-electron chi connectivity index (χ3n) is 2.96. The van der Waals surface area contributed by atoms with Crippen molar-refractivity contribution in [2.45, 2.75) is 64.3 Å². The Morgan fingerprint density at radius 1 is 1.65 bits per heavy atom. The fraction of sp³-hybridized carbons (Fsp3) is 0.688. The highest BCUT2D eigenvalue weighted by molar-refractivity contribution is 5.92. The molecule has 1 saturated carbocycles. The van der Waals surface area contributed by atoms with Gasteiger partial charge in [0.2, 0.25) is 5.95 Å². The van der Waals surface area contributed by atoms with Crippen molar-refractivity contribution in [3.05, 3.63) is 17.2 Å². The zero-order valence-electron chi connectivity index (χ0n) is 27.9. The molecule has 23 heavy (non-hydrogen) atoms. The Kier molecular flexibility index (Phi) is 1.71. The number of carbonyl (C=O) groups is 1. The third-order valence-corrected chi connectivity index (χ3v) is 2.96. The van der Waals surface area contributed by atoms with Crippen molar-refractivity contribution in [2.75, 3.05) is 5.32 Å². The molecule has 0 radical (unpaired) electrons. The predicted octanol–water partition coefficient (Wildman–Crippen LogP) is 1.17. The van der Waals surface area contributed by atoms with E-state index in [0.717, 1.165) is 0 Å². The molecule has 128 valence electrons. The third kappa shape index (κ3) is 4.79. The van der Waals surface area contributed by atoms with E-state index in [9.17, 15) is 9.90 Å². The first kappa shape index (κ1) is 5.88. The average Bonchev–Trinajstić information content (AvgIpc) is 2.64. The second-order valence-corrected chi connectivity index (χ2v) is 4.94. The number of anilines is 1. The fourth-order valence-corrected chi connectivity index (χ4v) is 1.92. The van der Waals surface area contributed by atoms with Crippen molar-refractivity contribution >= 4 is 11.9 Å². The number of nitrogens with zero attached hydrogens (tertiary/aromatic N) is 2. The molecule has 2 rings (SSSR count).